The number of fused-ring (bicyclic) bond motifs is 1. The molecule has 1 N–H and O–H groups in total. The maximum atomic E-state index is 12.0. The average molecular weight is 355 g/mol. The normalized spacial score (nSPS) is 13.1. The van der Waals surface area contributed by atoms with Gasteiger partial charge >= 0.3 is 0 Å². The van der Waals surface area contributed by atoms with Gasteiger partial charge in [0.15, 0.2) is 11.5 Å². The van der Waals surface area contributed by atoms with E-state index in [4.69, 9.17) is 9.47 Å². The zero-order valence-electron chi connectivity index (χ0n) is 15.5. The van der Waals surface area contributed by atoms with Crippen LogP contribution in [0.15, 0.2) is 30.5 Å². The third-order valence-electron chi connectivity index (χ3n) is 4.60. The van der Waals surface area contributed by atoms with Gasteiger partial charge in [-0.3, -0.25) is 4.79 Å². The maximum Gasteiger partial charge on any atom is 0.269 e. The van der Waals surface area contributed by atoms with Crippen LogP contribution in [0.3, 0.4) is 0 Å². The van der Waals surface area contributed by atoms with E-state index >= 15 is 0 Å². The zero-order valence-corrected chi connectivity index (χ0v) is 15.5. The van der Waals surface area contributed by atoms with Crippen molar-refractivity contribution in [2.75, 3.05) is 32.2 Å². The second-order valence-electron chi connectivity index (χ2n) is 6.30. The molecule has 0 saturated heterocycles. The van der Waals surface area contributed by atoms with Crippen molar-refractivity contribution in [1.29, 1.82) is 0 Å². The molecule has 0 unspecified atom stereocenters. The fourth-order valence-electron chi connectivity index (χ4n) is 3.14. The molecule has 0 radical (unpaired) electrons. The standard InChI is InChI=1S/C20H25N3O3/c1-4-8-21-20(24)17-6-5-16(12-22-17)23-9-7-14-10-18(25-2)19(26-3)11-15(14)13-23/h5-6,10-12H,4,7-9,13H2,1-3H3,(H,21,24). The third kappa shape index (κ3) is 3.74. The molecule has 0 bridgehead atoms. The van der Waals surface area contributed by atoms with Crippen molar-refractivity contribution >= 4 is 11.6 Å². The van der Waals surface area contributed by atoms with E-state index in [-0.39, 0.29) is 5.91 Å². The van der Waals surface area contributed by atoms with Crippen molar-refractivity contribution in [3.05, 3.63) is 47.3 Å². The number of aromatic nitrogens is 1. The summed E-state index contributed by atoms with van der Waals surface area (Å²) in [5.74, 6) is 1.39. The number of carbonyl (C=O) groups excluding carboxylic acids is 1. The second-order valence-corrected chi connectivity index (χ2v) is 6.30. The van der Waals surface area contributed by atoms with Crippen LogP contribution < -0.4 is 19.7 Å². The Hall–Kier alpha value is -2.76. The van der Waals surface area contributed by atoms with Crippen LogP contribution in [-0.4, -0.2) is 38.2 Å². The molecule has 1 aromatic heterocycles. The Labute approximate surface area is 154 Å². The molecule has 1 amide bonds. The van der Waals surface area contributed by atoms with Crippen LogP contribution in [0.5, 0.6) is 11.5 Å². The second kappa shape index (κ2) is 8.08. The van der Waals surface area contributed by atoms with E-state index in [0.717, 1.165) is 43.1 Å². The van der Waals surface area contributed by atoms with Crippen molar-refractivity contribution < 1.29 is 14.3 Å². The van der Waals surface area contributed by atoms with E-state index in [1.54, 1.807) is 26.5 Å². The van der Waals surface area contributed by atoms with Gasteiger partial charge in [-0.15, -0.1) is 0 Å². The predicted molar refractivity (Wildman–Crippen MR) is 101 cm³/mol. The fraction of sp³-hybridized carbons (Fsp3) is 0.400. The van der Waals surface area contributed by atoms with Gasteiger partial charge in [0.2, 0.25) is 0 Å². The monoisotopic (exact) mass is 355 g/mol. The Balaban J connectivity index is 1.75. The highest BCUT2D eigenvalue weighted by Gasteiger charge is 2.20. The van der Waals surface area contributed by atoms with Gasteiger partial charge in [-0.1, -0.05) is 6.92 Å². The first kappa shape index (κ1) is 18.0. The number of anilines is 1. The third-order valence-corrected chi connectivity index (χ3v) is 4.60. The van der Waals surface area contributed by atoms with Crippen LogP contribution in [0.1, 0.15) is 35.0 Å². The molecule has 1 aromatic carbocycles. The number of methoxy groups -OCH3 is 2. The van der Waals surface area contributed by atoms with Crippen LogP contribution in [-0.2, 0) is 13.0 Å². The number of nitrogens with one attached hydrogen (secondary N) is 1. The molecule has 0 saturated carbocycles. The number of hydrogen-bond donors (Lipinski definition) is 1. The van der Waals surface area contributed by atoms with Gasteiger partial charge in [0.25, 0.3) is 5.91 Å². The lowest BCUT2D eigenvalue weighted by Gasteiger charge is -2.31. The number of nitrogens with zero attached hydrogens (tertiary/aromatic N) is 2. The molecule has 2 aromatic rings. The number of pyridine rings is 1. The topological polar surface area (TPSA) is 63.7 Å². The molecular weight excluding hydrogens is 330 g/mol. The molecule has 0 aliphatic carbocycles. The molecule has 138 valence electrons. The molecule has 1 aliphatic rings. The summed E-state index contributed by atoms with van der Waals surface area (Å²) in [7, 11) is 3.31. The van der Waals surface area contributed by atoms with Crippen molar-refractivity contribution in [1.82, 2.24) is 10.3 Å². The molecule has 2 heterocycles. The average Bonchev–Trinajstić information content (AvgIpc) is 2.70. The summed E-state index contributed by atoms with van der Waals surface area (Å²) in [6, 6.07) is 7.84. The summed E-state index contributed by atoms with van der Waals surface area (Å²) in [5, 5.41) is 2.84. The molecule has 1 aliphatic heterocycles. The fourth-order valence-corrected chi connectivity index (χ4v) is 3.14. The Kier molecular flexibility index (Phi) is 5.61. The lowest BCUT2D eigenvalue weighted by molar-refractivity contribution is 0.0948. The van der Waals surface area contributed by atoms with Gasteiger partial charge in [-0.2, -0.15) is 0 Å². The molecule has 26 heavy (non-hydrogen) atoms. The first-order chi connectivity index (χ1) is 12.7. The van der Waals surface area contributed by atoms with E-state index < -0.39 is 0 Å². The number of amides is 1. The van der Waals surface area contributed by atoms with Gasteiger partial charge < -0.3 is 19.7 Å². The van der Waals surface area contributed by atoms with E-state index in [0.29, 0.717) is 12.2 Å². The van der Waals surface area contributed by atoms with Crippen LogP contribution in [0.4, 0.5) is 5.69 Å². The predicted octanol–water partition coefficient (Wildman–Crippen LogP) is 2.80. The highest BCUT2D eigenvalue weighted by molar-refractivity contribution is 5.92. The van der Waals surface area contributed by atoms with Crippen LogP contribution in [0, 0.1) is 0 Å². The summed E-state index contributed by atoms with van der Waals surface area (Å²) < 4.78 is 10.8. The molecule has 0 atom stereocenters. The highest BCUT2D eigenvalue weighted by atomic mass is 16.5. The Morgan fingerprint density at radius 1 is 1.19 bits per heavy atom. The van der Waals surface area contributed by atoms with Gasteiger partial charge in [-0.05, 0) is 48.2 Å². The highest BCUT2D eigenvalue weighted by Crippen LogP contribution is 2.34. The molecule has 6 heteroatoms. The van der Waals surface area contributed by atoms with E-state index in [1.807, 2.05) is 19.1 Å². The SMILES string of the molecule is CCCNC(=O)c1ccc(N2CCc3cc(OC)c(OC)cc3C2)cn1. The van der Waals surface area contributed by atoms with Gasteiger partial charge in [-0.25, -0.2) is 4.98 Å². The Bertz CT molecular complexity index is 775. The number of rotatable bonds is 6. The number of carbonyl (C=O) groups is 1. The van der Waals surface area contributed by atoms with E-state index in [9.17, 15) is 4.79 Å². The van der Waals surface area contributed by atoms with Crippen molar-refractivity contribution in [3.8, 4) is 11.5 Å². The van der Waals surface area contributed by atoms with Gasteiger partial charge in [0.05, 0.1) is 26.1 Å². The quantitative estimate of drug-likeness (QED) is 0.863. The molecule has 3 rings (SSSR count). The number of benzene rings is 1. The maximum absolute atomic E-state index is 12.0. The summed E-state index contributed by atoms with van der Waals surface area (Å²) in [4.78, 5) is 18.6. The largest absolute Gasteiger partial charge is 0.493 e. The summed E-state index contributed by atoms with van der Waals surface area (Å²) in [6.45, 7) is 4.36. The minimum Gasteiger partial charge on any atom is -0.493 e. The summed E-state index contributed by atoms with van der Waals surface area (Å²) >= 11 is 0. The van der Waals surface area contributed by atoms with Crippen LogP contribution >= 0.6 is 0 Å². The summed E-state index contributed by atoms with van der Waals surface area (Å²) in [6.07, 6.45) is 3.60. The lowest BCUT2D eigenvalue weighted by atomic mass is 9.98. The van der Waals surface area contributed by atoms with Gasteiger partial charge in [0.1, 0.15) is 5.69 Å². The minimum atomic E-state index is -0.126. The lowest BCUT2D eigenvalue weighted by Crippen LogP contribution is -2.31. The smallest absolute Gasteiger partial charge is 0.269 e. The molecule has 0 fully saturated rings. The van der Waals surface area contributed by atoms with Crippen molar-refractivity contribution in [2.24, 2.45) is 0 Å². The van der Waals surface area contributed by atoms with E-state index in [1.165, 1.54) is 11.1 Å². The van der Waals surface area contributed by atoms with Crippen molar-refractivity contribution in [3.63, 3.8) is 0 Å². The van der Waals surface area contributed by atoms with Crippen molar-refractivity contribution in [2.45, 2.75) is 26.3 Å². The minimum absolute atomic E-state index is 0.126. The summed E-state index contributed by atoms with van der Waals surface area (Å²) in [5.41, 5.74) is 3.96. The molecular formula is C20H25N3O3. The molecule has 0 spiro atoms. The van der Waals surface area contributed by atoms with Gasteiger partial charge in [0, 0.05) is 19.6 Å². The Morgan fingerprint density at radius 2 is 1.92 bits per heavy atom. The zero-order chi connectivity index (χ0) is 18.5. The van der Waals surface area contributed by atoms with Crippen LogP contribution in [0.2, 0.25) is 0 Å². The first-order valence-electron chi connectivity index (χ1n) is 8.89. The molecule has 6 nitrogen and oxygen atoms in total. The Morgan fingerprint density at radius 3 is 2.54 bits per heavy atom. The van der Waals surface area contributed by atoms with Crippen LogP contribution in [0.25, 0.3) is 0 Å². The number of ether oxygens (including phenoxy) is 2. The first-order valence-corrected chi connectivity index (χ1v) is 8.89. The number of hydrogen-bond acceptors (Lipinski definition) is 5. The van der Waals surface area contributed by atoms with E-state index in [2.05, 4.69) is 21.3 Å².